The van der Waals surface area contributed by atoms with Gasteiger partial charge in [0.25, 0.3) is 0 Å². The molecule has 9 heteroatoms. The van der Waals surface area contributed by atoms with Crippen LogP contribution in [0.3, 0.4) is 0 Å². The van der Waals surface area contributed by atoms with E-state index in [0.717, 1.165) is 19.3 Å². The molecule has 1 aliphatic heterocycles. The number of aryl methyl sites for hydroxylation is 3. The van der Waals surface area contributed by atoms with Crippen molar-refractivity contribution >= 4 is 22.2 Å². The molecule has 1 aliphatic carbocycles. The Morgan fingerprint density at radius 2 is 1.85 bits per heavy atom. The van der Waals surface area contributed by atoms with E-state index in [2.05, 4.69) is 10.00 Å². The first-order valence-electron chi connectivity index (χ1n) is 8.88. The number of piperazine rings is 1. The van der Waals surface area contributed by atoms with E-state index in [1.807, 2.05) is 19.2 Å². The molecule has 0 spiro atoms. The Morgan fingerprint density at radius 3 is 2.54 bits per heavy atom. The molecule has 0 radical (unpaired) electrons. The lowest BCUT2D eigenvalue weighted by Crippen LogP contribution is -2.48. The van der Waals surface area contributed by atoms with Crippen LogP contribution in [-0.4, -0.2) is 58.1 Å². The molecular formula is C17H23N5O2S2. The minimum absolute atomic E-state index is 0.429. The van der Waals surface area contributed by atoms with Crippen molar-refractivity contribution in [3.63, 3.8) is 0 Å². The number of rotatable bonds is 4. The molecule has 0 unspecified atom stereocenters. The zero-order chi connectivity index (χ0) is 18.3. The van der Waals surface area contributed by atoms with Gasteiger partial charge in [-0.3, -0.25) is 4.90 Å². The van der Waals surface area contributed by atoms with E-state index in [1.165, 1.54) is 11.1 Å². The van der Waals surface area contributed by atoms with Crippen molar-refractivity contribution in [2.24, 2.45) is 7.05 Å². The zero-order valence-electron chi connectivity index (χ0n) is 14.8. The minimum atomic E-state index is -3.42. The summed E-state index contributed by atoms with van der Waals surface area (Å²) in [5, 5.41) is 4.26. The molecule has 0 N–H and O–H groups in total. The fourth-order valence-electron chi connectivity index (χ4n) is 3.68. The van der Waals surface area contributed by atoms with Gasteiger partial charge in [-0.25, -0.2) is 13.1 Å². The van der Waals surface area contributed by atoms with Crippen LogP contribution in [0.4, 0.5) is 0 Å². The Hall–Kier alpha value is -1.55. The Balaban J connectivity index is 1.44. The maximum absolute atomic E-state index is 13.0. The molecule has 4 rings (SSSR count). The maximum atomic E-state index is 13.0. The van der Waals surface area contributed by atoms with Gasteiger partial charge in [-0.1, -0.05) is 6.07 Å². The van der Waals surface area contributed by atoms with Gasteiger partial charge in [-0.15, -0.1) is 0 Å². The van der Waals surface area contributed by atoms with Crippen LogP contribution < -0.4 is 0 Å². The highest BCUT2D eigenvalue weighted by Gasteiger charge is 2.29. The minimum Gasteiger partial charge on any atom is -0.310 e. The Kier molecular flexibility index (Phi) is 4.72. The first-order valence-corrected chi connectivity index (χ1v) is 10.7. The molecule has 1 aromatic carbocycles. The van der Waals surface area contributed by atoms with Gasteiger partial charge >= 0.3 is 0 Å². The lowest BCUT2D eigenvalue weighted by molar-refractivity contribution is 0.144. The fraction of sp³-hybridized carbons (Fsp3) is 0.529. The molecule has 0 saturated carbocycles. The van der Waals surface area contributed by atoms with E-state index in [4.69, 9.17) is 12.2 Å². The zero-order valence-corrected chi connectivity index (χ0v) is 16.5. The first-order chi connectivity index (χ1) is 12.4. The average Bonchev–Trinajstić information content (AvgIpc) is 3.23. The van der Waals surface area contributed by atoms with E-state index in [-0.39, 0.29) is 0 Å². The van der Waals surface area contributed by atoms with Crippen molar-refractivity contribution in [2.75, 3.05) is 26.2 Å². The molecule has 140 valence electrons. The summed E-state index contributed by atoms with van der Waals surface area (Å²) in [6.07, 6.45) is 4.85. The summed E-state index contributed by atoms with van der Waals surface area (Å²) >= 11 is 5.31. The molecule has 2 aromatic rings. The molecule has 7 nitrogen and oxygen atoms in total. The second-order valence-corrected chi connectivity index (χ2v) is 9.27. The van der Waals surface area contributed by atoms with Crippen molar-refractivity contribution in [1.29, 1.82) is 0 Å². The second kappa shape index (κ2) is 6.88. The Labute approximate surface area is 158 Å². The number of benzene rings is 1. The summed E-state index contributed by atoms with van der Waals surface area (Å²) in [7, 11) is -1.56. The molecule has 1 aromatic heterocycles. The average molecular weight is 394 g/mol. The fourth-order valence-corrected chi connectivity index (χ4v) is 5.30. The molecule has 2 aliphatic rings. The third-order valence-electron chi connectivity index (χ3n) is 5.26. The van der Waals surface area contributed by atoms with Crippen LogP contribution in [0.25, 0.3) is 0 Å². The number of hydrogen-bond donors (Lipinski definition) is 0. The van der Waals surface area contributed by atoms with E-state index >= 15 is 0 Å². The van der Waals surface area contributed by atoms with Gasteiger partial charge in [0, 0.05) is 33.2 Å². The number of sulfonamides is 1. The lowest BCUT2D eigenvalue weighted by Gasteiger charge is -2.33. The van der Waals surface area contributed by atoms with Crippen molar-refractivity contribution in [1.82, 2.24) is 23.6 Å². The summed E-state index contributed by atoms with van der Waals surface area (Å²) in [6, 6.07) is 5.62. The quantitative estimate of drug-likeness (QED) is 0.735. The molecule has 1 fully saturated rings. The van der Waals surface area contributed by atoms with Gasteiger partial charge in [0.05, 0.1) is 11.6 Å². The normalized spacial score (nSPS) is 19.0. The van der Waals surface area contributed by atoms with E-state index in [0.29, 0.717) is 42.5 Å². The van der Waals surface area contributed by atoms with Gasteiger partial charge in [0.1, 0.15) is 6.33 Å². The van der Waals surface area contributed by atoms with E-state index < -0.39 is 10.0 Å². The van der Waals surface area contributed by atoms with E-state index in [1.54, 1.807) is 25.9 Å². The topological polar surface area (TPSA) is 63.4 Å². The van der Waals surface area contributed by atoms with Gasteiger partial charge in [0.15, 0.2) is 4.77 Å². The second-order valence-electron chi connectivity index (χ2n) is 6.97. The monoisotopic (exact) mass is 393 g/mol. The van der Waals surface area contributed by atoms with Crippen LogP contribution >= 0.6 is 12.2 Å². The largest absolute Gasteiger partial charge is 0.310 e. The van der Waals surface area contributed by atoms with Crippen molar-refractivity contribution in [3.05, 3.63) is 40.4 Å². The molecule has 1 saturated heterocycles. The third kappa shape index (κ3) is 3.24. The summed E-state index contributed by atoms with van der Waals surface area (Å²) in [6.45, 7) is 2.90. The highest BCUT2D eigenvalue weighted by molar-refractivity contribution is 7.89. The highest BCUT2D eigenvalue weighted by atomic mass is 32.2. The van der Waals surface area contributed by atoms with E-state index in [9.17, 15) is 8.42 Å². The summed E-state index contributed by atoms with van der Waals surface area (Å²) < 4.78 is 31.8. The van der Waals surface area contributed by atoms with Gasteiger partial charge in [0.2, 0.25) is 10.0 Å². The summed E-state index contributed by atoms with van der Waals surface area (Å²) in [5.41, 5.74) is 2.48. The van der Waals surface area contributed by atoms with Crippen molar-refractivity contribution in [2.45, 2.75) is 30.8 Å². The van der Waals surface area contributed by atoms with Crippen LogP contribution in [-0.2, 0) is 36.6 Å². The third-order valence-corrected chi connectivity index (χ3v) is 7.65. The number of aromatic nitrogens is 3. The smallest absolute Gasteiger partial charge is 0.243 e. The number of hydrogen-bond acceptors (Lipinski definition) is 5. The number of nitrogens with zero attached hydrogens (tertiary/aromatic N) is 5. The van der Waals surface area contributed by atoms with Crippen LogP contribution in [0.2, 0.25) is 0 Å². The van der Waals surface area contributed by atoms with Crippen molar-refractivity contribution < 1.29 is 8.42 Å². The Morgan fingerprint density at radius 1 is 1.12 bits per heavy atom. The molecule has 0 amide bonds. The maximum Gasteiger partial charge on any atom is 0.243 e. The SMILES string of the molecule is Cn1cnn(CN2CCN(S(=O)(=O)c3ccc4c(c3)CCC4)CC2)c1=S. The molecule has 0 atom stereocenters. The first kappa shape index (κ1) is 17.8. The van der Waals surface area contributed by atoms with Crippen LogP contribution in [0.1, 0.15) is 17.5 Å². The van der Waals surface area contributed by atoms with Crippen LogP contribution in [0, 0.1) is 4.77 Å². The standard InChI is InChI=1S/C17H23N5O2S2/c1-19-12-18-22(17(19)25)13-20-7-9-21(10-8-20)26(23,24)16-6-5-14-3-2-4-15(14)11-16/h5-6,11-12H,2-4,7-10,13H2,1H3. The van der Waals surface area contributed by atoms with Gasteiger partial charge in [-0.05, 0) is 54.7 Å². The van der Waals surface area contributed by atoms with Crippen LogP contribution in [0.15, 0.2) is 29.4 Å². The van der Waals surface area contributed by atoms with Crippen molar-refractivity contribution in [3.8, 4) is 0 Å². The highest BCUT2D eigenvalue weighted by Crippen LogP contribution is 2.26. The van der Waals surface area contributed by atoms with Gasteiger partial charge in [-0.2, -0.15) is 9.40 Å². The molecule has 0 bridgehead atoms. The molecular weight excluding hydrogens is 370 g/mol. The molecule has 2 heterocycles. The lowest BCUT2D eigenvalue weighted by atomic mass is 10.1. The van der Waals surface area contributed by atoms with Crippen LogP contribution in [0.5, 0.6) is 0 Å². The Bertz CT molecular complexity index is 971. The summed E-state index contributed by atoms with van der Waals surface area (Å²) in [5.74, 6) is 0. The predicted molar refractivity (Wildman–Crippen MR) is 101 cm³/mol. The van der Waals surface area contributed by atoms with Gasteiger partial charge < -0.3 is 4.57 Å². The predicted octanol–water partition coefficient (Wildman–Crippen LogP) is 1.40. The molecule has 26 heavy (non-hydrogen) atoms. The summed E-state index contributed by atoms with van der Waals surface area (Å²) in [4.78, 5) is 2.61. The number of fused-ring (bicyclic) bond motifs is 1.